The van der Waals surface area contributed by atoms with Crippen molar-refractivity contribution < 1.29 is 19.4 Å². The lowest BCUT2D eigenvalue weighted by molar-refractivity contribution is -0.154. The summed E-state index contributed by atoms with van der Waals surface area (Å²) in [6.45, 7) is 8.06. The number of carbonyl (C=O) groups excluding carboxylic acids is 1. The molecule has 2 N–H and O–H groups in total. The van der Waals surface area contributed by atoms with Gasteiger partial charge in [-0.3, -0.25) is 9.20 Å². The summed E-state index contributed by atoms with van der Waals surface area (Å²) in [5.41, 5.74) is 1.62. The van der Waals surface area contributed by atoms with Gasteiger partial charge in [-0.2, -0.15) is 0 Å². The van der Waals surface area contributed by atoms with Crippen molar-refractivity contribution in [3.63, 3.8) is 0 Å². The second kappa shape index (κ2) is 8.64. The highest BCUT2D eigenvalue weighted by atomic mass is 16.6. The van der Waals surface area contributed by atoms with Gasteiger partial charge in [-0.25, -0.2) is 9.78 Å². The third-order valence-electron chi connectivity index (χ3n) is 4.50. The van der Waals surface area contributed by atoms with Crippen LogP contribution < -0.4 is 5.32 Å². The Morgan fingerprint density at radius 2 is 1.93 bits per heavy atom. The van der Waals surface area contributed by atoms with E-state index in [0.717, 1.165) is 24.8 Å². The van der Waals surface area contributed by atoms with Crippen molar-refractivity contribution in [2.45, 2.75) is 59.0 Å². The molecule has 0 saturated carbocycles. The van der Waals surface area contributed by atoms with Crippen LogP contribution in [0, 0.1) is 6.92 Å². The molecule has 0 fully saturated rings. The number of aromatic carboxylic acids is 1. The van der Waals surface area contributed by atoms with Crippen LogP contribution in [0.1, 0.15) is 62.6 Å². The van der Waals surface area contributed by atoms with Gasteiger partial charge in [0.1, 0.15) is 11.4 Å². The van der Waals surface area contributed by atoms with E-state index in [9.17, 15) is 14.7 Å². The lowest BCUT2D eigenvalue weighted by Crippen LogP contribution is -2.23. The second-order valence-corrected chi connectivity index (χ2v) is 8.20. The molecule has 0 aliphatic carbocycles. The van der Waals surface area contributed by atoms with Gasteiger partial charge in [-0.15, -0.1) is 10.2 Å². The number of fused-ring (bicyclic) bond motifs is 3. The first-order valence-electron chi connectivity index (χ1n) is 10.0. The van der Waals surface area contributed by atoms with Gasteiger partial charge < -0.3 is 15.2 Å². The van der Waals surface area contributed by atoms with Gasteiger partial charge in [-0.1, -0.05) is 6.42 Å². The van der Waals surface area contributed by atoms with Gasteiger partial charge in [0.25, 0.3) is 0 Å². The number of nitrogens with one attached hydrogen (secondary N) is 1. The van der Waals surface area contributed by atoms with Crippen LogP contribution in [0.2, 0.25) is 0 Å². The molecule has 3 rings (SSSR count). The summed E-state index contributed by atoms with van der Waals surface area (Å²) in [6.07, 6.45) is 2.86. The predicted molar refractivity (Wildman–Crippen MR) is 113 cm³/mol. The molecule has 2 aromatic heterocycles. The Morgan fingerprint density at radius 1 is 1.17 bits per heavy atom. The van der Waals surface area contributed by atoms with Crippen LogP contribution in [0.4, 0.5) is 5.82 Å². The number of aromatic nitrogens is 4. The van der Waals surface area contributed by atoms with Crippen LogP contribution in [-0.4, -0.2) is 48.8 Å². The molecule has 0 bridgehead atoms. The van der Waals surface area contributed by atoms with Crippen molar-refractivity contribution in [3.05, 3.63) is 29.6 Å². The lowest BCUT2D eigenvalue weighted by Gasteiger charge is -2.19. The summed E-state index contributed by atoms with van der Waals surface area (Å²) in [4.78, 5) is 27.6. The van der Waals surface area contributed by atoms with E-state index in [1.165, 1.54) is 0 Å². The number of benzene rings is 1. The number of carbonyl (C=O) groups is 2. The highest BCUT2D eigenvalue weighted by molar-refractivity contribution is 5.93. The summed E-state index contributed by atoms with van der Waals surface area (Å²) in [6, 6.07) is 4.81. The molecular weight excluding hydrogens is 386 g/mol. The Bertz CT molecular complexity index is 1080. The number of rotatable bonds is 8. The summed E-state index contributed by atoms with van der Waals surface area (Å²) < 4.78 is 7.17. The van der Waals surface area contributed by atoms with E-state index in [4.69, 9.17) is 4.74 Å². The van der Waals surface area contributed by atoms with Crippen molar-refractivity contribution in [2.75, 3.05) is 11.9 Å². The maximum absolute atomic E-state index is 11.8. The number of nitrogens with zero attached hydrogens (tertiary/aromatic N) is 4. The minimum atomic E-state index is -1.00. The Kier molecular flexibility index (Phi) is 6.19. The molecule has 30 heavy (non-hydrogen) atoms. The molecule has 0 saturated heterocycles. The van der Waals surface area contributed by atoms with Crippen LogP contribution in [0.25, 0.3) is 16.7 Å². The standard InChI is InChI=1S/C21H27N5O4/c1-13-24-25-19-18(22-11-7-5-6-8-17(27)30-21(2,3)4)23-15-12-14(20(28)29)9-10-16(15)26(13)19/h9-10,12H,5-8,11H2,1-4H3,(H,22,23)(H,28,29). The molecule has 0 atom stereocenters. The average molecular weight is 413 g/mol. The number of aryl methyl sites for hydroxylation is 1. The molecule has 2 heterocycles. The molecular formula is C21H27N5O4. The number of esters is 1. The summed E-state index contributed by atoms with van der Waals surface area (Å²) >= 11 is 0. The number of ether oxygens (including phenoxy) is 1. The monoisotopic (exact) mass is 413 g/mol. The largest absolute Gasteiger partial charge is 0.478 e. The Morgan fingerprint density at radius 3 is 2.63 bits per heavy atom. The van der Waals surface area contributed by atoms with Gasteiger partial charge in [0.05, 0.1) is 16.6 Å². The third kappa shape index (κ3) is 5.03. The van der Waals surface area contributed by atoms with Crippen LogP contribution in [-0.2, 0) is 9.53 Å². The number of carboxylic acid groups (broad SMARTS) is 1. The van der Waals surface area contributed by atoms with Crippen molar-refractivity contribution in [2.24, 2.45) is 0 Å². The molecule has 0 spiro atoms. The smallest absolute Gasteiger partial charge is 0.335 e. The highest BCUT2D eigenvalue weighted by Crippen LogP contribution is 2.23. The zero-order chi connectivity index (χ0) is 21.9. The summed E-state index contributed by atoms with van der Waals surface area (Å²) in [5.74, 6) is 0.0685. The molecule has 9 nitrogen and oxygen atoms in total. The van der Waals surface area contributed by atoms with Crippen LogP contribution in [0.15, 0.2) is 18.2 Å². The van der Waals surface area contributed by atoms with Gasteiger partial charge in [0, 0.05) is 13.0 Å². The molecule has 3 aromatic rings. The van der Waals surface area contributed by atoms with E-state index < -0.39 is 11.6 Å². The van der Waals surface area contributed by atoms with Gasteiger partial charge >= 0.3 is 11.9 Å². The fourth-order valence-electron chi connectivity index (χ4n) is 3.20. The summed E-state index contributed by atoms with van der Waals surface area (Å²) in [5, 5.41) is 20.9. The molecule has 0 unspecified atom stereocenters. The zero-order valence-corrected chi connectivity index (χ0v) is 17.7. The first kappa shape index (κ1) is 21.5. The molecule has 0 aliphatic rings. The number of hydrogen-bond acceptors (Lipinski definition) is 7. The molecule has 160 valence electrons. The average Bonchev–Trinajstić information content (AvgIpc) is 3.04. The number of carboxylic acids is 1. The van der Waals surface area contributed by atoms with Gasteiger partial charge in [-0.05, 0) is 58.7 Å². The molecule has 0 radical (unpaired) electrons. The minimum absolute atomic E-state index is 0.174. The first-order chi connectivity index (χ1) is 14.2. The lowest BCUT2D eigenvalue weighted by atomic mass is 10.1. The predicted octanol–water partition coefficient (Wildman–Crippen LogP) is 3.60. The Hall–Kier alpha value is -3.23. The van der Waals surface area contributed by atoms with Crippen molar-refractivity contribution in [1.82, 2.24) is 19.6 Å². The fraction of sp³-hybridized carbons (Fsp3) is 0.476. The molecule has 0 aliphatic heterocycles. The summed E-state index contributed by atoms with van der Waals surface area (Å²) in [7, 11) is 0. The number of hydrogen-bond donors (Lipinski definition) is 2. The topological polar surface area (TPSA) is 119 Å². The normalized spacial score (nSPS) is 11.7. The number of unbranched alkanes of at least 4 members (excludes halogenated alkanes) is 2. The van der Waals surface area contributed by atoms with E-state index >= 15 is 0 Å². The first-order valence-corrected chi connectivity index (χ1v) is 10.0. The van der Waals surface area contributed by atoms with Crippen LogP contribution in [0.3, 0.4) is 0 Å². The van der Waals surface area contributed by atoms with Crippen LogP contribution >= 0.6 is 0 Å². The van der Waals surface area contributed by atoms with Gasteiger partial charge in [0.15, 0.2) is 5.82 Å². The van der Waals surface area contributed by atoms with Gasteiger partial charge in [0.2, 0.25) is 5.65 Å². The van der Waals surface area contributed by atoms with E-state index in [0.29, 0.717) is 35.8 Å². The van der Waals surface area contributed by atoms with E-state index in [1.54, 1.807) is 18.2 Å². The Labute approximate surface area is 174 Å². The van der Waals surface area contributed by atoms with Crippen molar-refractivity contribution >= 4 is 34.4 Å². The maximum Gasteiger partial charge on any atom is 0.335 e. The Balaban J connectivity index is 1.65. The SMILES string of the molecule is Cc1nnc2c(NCCCCCC(=O)OC(C)(C)C)nc3cc(C(=O)O)ccc3n12. The maximum atomic E-state index is 11.8. The minimum Gasteiger partial charge on any atom is -0.478 e. The van der Waals surface area contributed by atoms with Crippen molar-refractivity contribution in [1.29, 1.82) is 0 Å². The van der Waals surface area contributed by atoms with E-state index in [-0.39, 0.29) is 11.5 Å². The fourth-order valence-corrected chi connectivity index (χ4v) is 3.20. The molecule has 9 heteroatoms. The third-order valence-corrected chi connectivity index (χ3v) is 4.50. The van der Waals surface area contributed by atoms with Crippen LogP contribution in [0.5, 0.6) is 0 Å². The van der Waals surface area contributed by atoms with E-state index in [1.807, 2.05) is 32.1 Å². The second-order valence-electron chi connectivity index (χ2n) is 8.20. The molecule has 1 aromatic carbocycles. The quantitative estimate of drug-likeness (QED) is 0.425. The highest BCUT2D eigenvalue weighted by Gasteiger charge is 2.16. The number of anilines is 1. The molecule has 0 amide bonds. The van der Waals surface area contributed by atoms with Crippen molar-refractivity contribution in [3.8, 4) is 0 Å². The zero-order valence-electron chi connectivity index (χ0n) is 17.7. The van der Waals surface area contributed by atoms with E-state index in [2.05, 4.69) is 20.5 Å².